The average molecular weight is 378 g/mol. The predicted octanol–water partition coefficient (Wildman–Crippen LogP) is 3.31. The Morgan fingerprint density at radius 3 is 2.85 bits per heavy atom. The number of nitrogens with zero attached hydrogens (tertiary/aromatic N) is 1. The highest BCUT2D eigenvalue weighted by molar-refractivity contribution is 7.90. The molecule has 1 aliphatic carbocycles. The van der Waals surface area contributed by atoms with Crippen LogP contribution in [-0.2, 0) is 14.8 Å². The minimum Gasteiger partial charge on any atom is -0.353 e. The van der Waals surface area contributed by atoms with Crippen molar-refractivity contribution >= 4 is 27.5 Å². The first kappa shape index (κ1) is 18.9. The van der Waals surface area contributed by atoms with E-state index in [0.29, 0.717) is 42.6 Å². The third-order valence-corrected chi connectivity index (χ3v) is 6.92. The van der Waals surface area contributed by atoms with Crippen molar-refractivity contribution in [1.29, 1.82) is 0 Å². The van der Waals surface area contributed by atoms with Crippen molar-refractivity contribution in [3.05, 3.63) is 24.3 Å². The molecule has 1 aliphatic heterocycles. The Labute approximate surface area is 155 Å². The lowest BCUT2D eigenvalue weighted by Crippen LogP contribution is -2.43. The standard InChI is InChI=1S/C19H27N3O3S/c1-13-7-5-9-15(14(13)2)21-19(23)12-6-11-18-20-16-8-3-4-10-17(16)26(24,25)22-18/h3-4,8,10,13-15H,5-7,9,11-12H2,1-2H3,(H,20,22)(H,21,23). The molecule has 1 amide bonds. The van der Waals surface area contributed by atoms with Crippen molar-refractivity contribution in [1.82, 2.24) is 5.32 Å². The number of rotatable bonds is 5. The Morgan fingerprint density at radius 2 is 2.04 bits per heavy atom. The SMILES string of the molecule is CC1CCCC(NC(=O)CCCC2=NS(=O)(=O)c3ccccc3N2)C1C. The first-order valence-electron chi connectivity index (χ1n) is 9.36. The second-order valence-electron chi connectivity index (χ2n) is 7.43. The van der Waals surface area contributed by atoms with E-state index in [2.05, 4.69) is 28.9 Å². The highest BCUT2D eigenvalue weighted by Crippen LogP contribution is 2.30. The Bertz CT molecular complexity index is 804. The number of hydrogen-bond acceptors (Lipinski definition) is 4. The molecule has 1 aromatic rings. The molecule has 3 atom stereocenters. The van der Waals surface area contributed by atoms with Crippen LogP contribution in [-0.4, -0.2) is 26.2 Å². The van der Waals surface area contributed by atoms with E-state index in [-0.39, 0.29) is 16.8 Å². The van der Waals surface area contributed by atoms with Gasteiger partial charge in [-0.2, -0.15) is 8.42 Å². The van der Waals surface area contributed by atoms with Crippen LogP contribution in [0.4, 0.5) is 5.69 Å². The zero-order valence-electron chi connectivity index (χ0n) is 15.4. The van der Waals surface area contributed by atoms with Gasteiger partial charge in [-0.3, -0.25) is 4.79 Å². The van der Waals surface area contributed by atoms with Crippen LogP contribution < -0.4 is 10.6 Å². The molecule has 0 saturated heterocycles. The van der Waals surface area contributed by atoms with Gasteiger partial charge in [0.05, 0.1) is 5.69 Å². The van der Waals surface area contributed by atoms with Gasteiger partial charge in [-0.05, 0) is 36.8 Å². The molecule has 0 bridgehead atoms. The number of carbonyl (C=O) groups excluding carboxylic acids is 1. The highest BCUT2D eigenvalue weighted by atomic mass is 32.2. The van der Waals surface area contributed by atoms with Gasteiger partial charge >= 0.3 is 0 Å². The van der Waals surface area contributed by atoms with Crippen molar-refractivity contribution in [3.8, 4) is 0 Å². The molecule has 1 aromatic carbocycles. The van der Waals surface area contributed by atoms with E-state index in [1.54, 1.807) is 18.2 Å². The van der Waals surface area contributed by atoms with Crippen molar-refractivity contribution in [2.75, 3.05) is 5.32 Å². The quantitative estimate of drug-likeness (QED) is 0.824. The summed E-state index contributed by atoms with van der Waals surface area (Å²) in [7, 11) is -3.65. The molecule has 7 heteroatoms. The molecule has 142 valence electrons. The van der Waals surface area contributed by atoms with Crippen molar-refractivity contribution in [3.63, 3.8) is 0 Å². The molecule has 2 N–H and O–H groups in total. The zero-order valence-corrected chi connectivity index (χ0v) is 16.2. The van der Waals surface area contributed by atoms with E-state index < -0.39 is 10.0 Å². The summed E-state index contributed by atoms with van der Waals surface area (Å²) in [6, 6.07) is 6.97. The first-order valence-corrected chi connectivity index (χ1v) is 10.8. The lowest BCUT2D eigenvalue weighted by Gasteiger charge is -2.34. The van der Waals surface area contributed by atoms with Gasteiger partial charge in [0, 0.05) is 18.9 Å². The number of amides is 1. The summed E-state index contributed by atoms with van der Waals surface area (Å²) in [5.41, 5.74) is 0.548. The molecular weight excluding hydrogens is 350 g/mol. The van der Waals surface area contributed by atoms with E-state index in [4.69, 9.17) is 0 Å². The normalized spacial score (nSPS) is 27.0. The molecule has 2 aliphatic rings. The second kappa shape index (κ2) is 7.78. The van der Waals surface area contributed by atoms with Gasteiger partial charge in [0.25, 0.3) is 10.0 Å². The minimum atomic E-state index is -3.65. The van der Waals surface area contributed by atoms with Crippen LogP contribution in [0.5, 0.6) is 0 Å². The molecule has 3 unspecified atom stereocenters. The number of anilines is 1. The number of amidine groups is 1. The van der Waals surface area contributed by atoms with E-state index in [0.717, 1.165) is 12.8 Å². The van der Waals surface area contributed by atoms with Crippen LogP contribution in [0, 0.1) is 11.8 Å². The van der Waals surface area contributed by atoms with E-state index in [1.807, 2.05) is 0 Å². The summed E-state index contributed by atoms with van der Waals surface area (Å²) in [6.07, 6.45) is 4.80. The Morgan fingerprint density at radius 1 is 1.27 bits per heavy atom. The van der Waals surface area contributed by atoms with Crippen LogP contribution in [0.15, 0.2) is 33.6 Å². The van der Waals surface area contributed by atoms with Gasteiger partial charge in [0.15, 0.2) is 0 Å². The van der Waals surface area contributed by atoms with Gasteiger partial charge in [-0.25, -0.2) is 0 Å². The fraction of sp³-hybridized carbons (Fsp3) is 0.579. The molecule has 0 radical (unpaired) electrons. The van der Waals surface area contributed by atoms with Gasteiger partial charge in [-0.1, -0.05) is 38.8 Å². The van der Waals surface area contributed by atoms with Gasteiger partial charge in [0.1, 0.15) is 10.7 Å². The number of para-hydroxylation sites is 1. The number of carbonyl (C=O) groups is 1. The molecule has 0 aromatic heterocycles. The maximum Gasteiger partial charge on any atom is 0.286 e. The number of nitrogens with one attached hydrogen (secondary N) is 2. The van der Waals surface area contributed by atoms with Crippen molar-refractivity contribution in [2.24, 2.45) is 16.2 Å². The largest absolute Gasteiger partial charge is 0.353 e. The van der Waals surface area contributed by atoms with Crippen LogP contribution >= 0.6 is 0 Å². The molecule has 1 heterocycles. The lowest BCUT2D eigenvalue weighted by atomic mass is 9.78. The number of sulfonamides is 1. The Hall–Kier alpha value is -1.89. The second-order valence-corrected chi connectivity index (χ2v) is 9.00. The third kappa shape index (κ3) is 4.26. The molecule has 1 saturated carbocycles. The smallest absolute Gasteiger partial charge is 0.286 e. The summed E-state index contributed by atoms with van der Waals surface area (Å²) in [4.78, 5) is 12.4. The van der Waals surface area contributed by atoms with Crippen LogP contribution in [0.25, 0.3) is 0 Å². The Balaban J connectivity index is 1.51. The Kier molecular flexibility index (Phi) is 5.65. The predicted molar refractivity (Wildman–Crippen MR) is 103 cm³/mol. The van der Waals surface area contributed by atoms with E-state index >= 15 is 0 Å². The highest BCUT2D eigenvalue weighted by Gasteiger charge is 2.28. The van der Waals surface area contributed by atoms with E-state index in [1.165, 1.54) is 12.5 Å². The summed E-state index contributed by atoms with van der Waals surface area (Å²) in [5.74, 6) is 1.57. The molecule has 6 nitrogen and oxygen atoms in total. The number of benzene rings is 1. The monoisotopic (exact) mass is 377 g/mol. The third-order valence-electron chi connectivity index (χ3n) is 5.54. The molecule has 0 spiro atoms. The maximum absolute atomic E-state index is 12.2. The molecular formula is C19H27N3O3S. The van der Waals surface area contributed by atoms with Crippen LogP contribution in [0.1, 0.15) is 52.4 Å². The van der Waals surface area contributed by atoms with Gasteiger partial charge < -0.3 is 10.6 Å². The van der Waals surface area contributed by atoms with Crippen molar-refractivity contribution in [2.45, 2.75) is 63.3 Å². The molecule has 1 fully saturated rings. The van der Waals surface area contributed by atoms with Crippen molar-refractivity contribution < 1.29 is 13.2 Å². The maximum atomic E-state index is 12.2. The lowest BCUT2D eigenvalue weighted by molar-refractivity contribution is -0.122. The fourth-order valence-corrected chi connectivity index (χ4v) is 4.93. The fourth-order valence-electron chi connectivity index (χ4n) is 3.76. The molecule has 26 heavy (non-hydrogen) atoms. The van der Waals surface area contributed by atoms with Gasteiger partial charge in [0.2, 0.25) is 5.91 Å². The summed E-state index contributed by atoms with van der Waals surface area (Å²) >= 11 is 0. The minimum absolute atomic E-state index is 0.0376. The summed E-state index contributed by atoms with van der Waals surface area (Å²) in [5, 5.41) is 6.21. The first-order chi connectivity index (χ1) is 12.4. The summed E-state index contributed by atoms with van der Waals surface area (Å²) < 4.78 is 28.2. The van der Waals surface area contributed by atoms with Gasteiger partial charge in [-0.15, -0.1) is 4.40 Å². The van der Waals surface area contributed by atoms with Crippen LogP contribution in [0.2, 0.25) is 0 Å². The number of fused-ring (bicyclic) bond motifs is 1. The topological polar surface area (TPSA) is 87.6 Å². The zero-order chi connectivity index (χ0) is 18.7. The average Bonchev–Trinajstić information content (AvgIpc) is 2.58. The number of hydrogen-bond donors (Lipinski definition) is 2. The summed E-state index contributed by atoms with van der Waals surface area (Å²) in [6.45, 7) is 4.45. The van der Waals surface area contributed by atoms with E-state index in [9.17, 15) is 13.2 Å². The van der Waals surface area contributed by atoms with Crippen LogP contribution in [0.3, 0.4) is 0 Å². The molecule has 3 rings (SSSR count).